The van der Waals surface area contributed by atoms with Gasteiger partial charge in [-0.15, -0.1) is 0 Å². The van der Waals surface area contributed by atoms with Gasteiger partial charge in [-0.25, -0.2) is 8.78 Å². The van der Waals surface area contributed by atoms with Gasteiger partial charge in [0, 0.05) is 25.3 Å². The van der Waals surface area contributed by atoms with Gasteiger partial charge in [0.1, 0.15) is 11.6 Å². The van der Waals surface area contributed by atoms with Crippen LogP contribution in [0, 0.1) is 17.6 Å². The van der Waals surface area contributed by atoms with E-state index in [1.165, 1.54) is 12.1 Å². The number of ether oxygens (including phenoxy) is 1. The highest BCUT2D eigenvalue weighted by atomic mass is 19.1. The van der Waals surface area contributed by atoms with Gasteiger partial charge in [0.05, 0.1) is 6.61 Å². The van der Waals surface area contributed by atoms with Crippen molar-refractivity contribution in [2.75, 3.05) is 20.3 Å². The summed E-state index contributed by atoms with van der Waals surface area (Å²) in [5.41, 5.74) is 0.434. The summed E-state index contributed by atoms with van der Waals surface area (Å²) in [5.74, 6) is -0.308. The molecule has 2 nitrogen and oxygen atoms in total. The molecule has 1 saturated carbocycles. The van der Waals surface area contributed by atoms with Crippen LogP contribution in [0.3, 0.4) is 0 Å². The Labute approximate surface area is 100.0 Å². The molecule has 17 heavy (non-hydrogen) atoms. The lowest BCUT2D eigenvalue weighted by Gasteiger charge is -2.19. The lowest BCUT2D eigenvalue weighted by molar-refractivity contribution is 0.194. The van der Waals surface area contributed by atoms with E-state index in [2.05, 4.69) is 5.32 Å². The Morgan fingerprint density at radius 3 is 2.82 bits per heavy atom. The van der Waals surface area contributed by atoms with Crippen molar-refractivity contribution >= 4 is 0 Å². The maximum Gasteiger partial charge on any atom is 0.128 e. The molecule has 0 amide bonds. The zero-order valence-corrected chi connectivity index (χ0v) is 9.88. The van der Waals surface area contributed by atoms with Gasteiger partial charge in [-0.3, -0.25) is 0 Å². The van der Waals surface area contributed by atoms with Crippen molar-refractivity contribution < 1.29 is 13.5 Å². The molecule has 94 valence electrons. The van der Waals surface area contributed by atoms with Gasteiger partial charge in [-0.1, -0.05) is 0 Å². The standard InChI is InChI=1S/C13H17F2NO/c1-17-7-6-16-13(9-2-3-9)11-8-10(14)4-5-12(11)15/h4-5,8-9,13,16H,2-3,6-7H2,1H3/t13-/m0/s1. The van der Waals surface area contributed by atoms with Crippen molar-refractivity contribution in [3.63, 3.8) is 0 Å². The van der Waals surface area contributed by atoms with Crippen molar-refractivity contribution in [2.45, 2.75) is 18.9 Å². The van der Waals surface area contributed by atoms with Crippen molar-refractivity contribution in [2.24, 2.45) is 5.92 Å². The van der Waals surface area contributed by atoms with E-state index in [-0.39, 0.29) is 17.7 Å². The summed E-state index contributed by atoms with van der Waals surface area (Å²) in [5, 5.41) is 3.24. The summed E-state index contributed by atoms with van der Waals surface area (Å²) in [7, 11) is 1.62. The van der Waals surface area contributed by atoms with E-state index in [9.17, 15) is 8.78 Å². The quantitative estimate of drug-likeness (QED) is 0.773. The molecular formula is C13H17F2NO. The van der Waals surface area contributed by atoms with Crippen LogP contribution in [0.5, 0.6) is 0 Å². The second-order valence-electron chi connectivity index (χ2n) is 4.43. The first-order valence-electron chi connectivity index (χ1n) is 5.89. The monoisotopic (exact) mass is 241 g/mol. The molecule has 0 aliphatic heterocycles. The summed E-state index contributed by atoms with van der Waals surface area (Å²) >= 11 is 0. The van der Waals surface area contributed by atoms with Gasteiger partial charge in [0.15, 0.2) is 0 Å². The topological polar surface area (TPSA) is 21.3 Å². The Bertz CT molecular complexity index is 380. The van der Waals surface area contributed by atoms with Crippen LogP contribution < -0.4 is 5.32 Å². The Balaban J connectivity index is 2.11. The number of hydrogen-bond acceptors (Lipinski definition) is 2. The van der Waals surface area contributed by atoms with Gasteiger partial charge in [0.25, 0.3) is 0 Å². The zero-order chi connectivity index (χ0) is 12.3. The van der Waals surface area contributed by atoms with Crippen LogP contribution in [-0.4, -0.2) is 20.3 Å². The minimum Gasteiger partial charge on any atom is -0.383 e. The molecule has 1 atom stereocenters. The van der Waals surface area contributed by atoms with Crippen LogP contribution in [0.15, 0.2) is 18.2 Å². The summed E-state index contributed by atoms with van der Waals surface area (Å²) in [6.07, 6.45) is 2.14. The van der Waals surface area contributed by atoms with Gasteiger partial charge in [0.2, 0.25) is 0 Å². The fourth-order valence-electron chi connectivity index (χ4n) is 2.03. The van der Waals surface area contributed by atoms with Crippen molar-refractivity contribution in [1.82, 2.24) is 5.32 Å². The van der Waals surface area contributed by atoms with Crippen LogP contribution in [0.2, 0.25) is 0 Å². The molecule has 1 aromatic rings. The van der Waals surface area contributed by atoms with Crippen molar-refractivity contribution in [1.29, 1.82) is 0 Å². The second kappa shape index (κ2) is 5.56. The average molecular weight is 241 g/mol. The van der Waals surface area contributed by atoms with E-state index < -0.39 is 0 Å². The fourth-order valence-corrected chi connectivity index (χ4v) is 2.03. The minimum atomic E-state index is -0.388. The second-order valence-corrected chi connectivity index (χ2v) is 4.43. The van der Waals surface area contributed by atoms with E-state index in [4.69, 9.17) is 4.74 Å². The number of nitrogens with one attached hydrogen (secondary N) is 1. The molecule has 2 rings (SSSR count). The SMILES string of the molecule is COCCN[C@H](c1cc(F)ccc1F)C1CC1. The summed E-state index contributed by atoms with van der Waals surface area (Å²) in [4.78, 5) is 0. The molecule has 0 heterocycles. The number of halogens is 2. The molecule has 1 N–H and O–H groups in total. The lowest BCUT2D eigenvalue weighted by atomic mass is 10.0. The molecule has 0 bridgehead atoms. The van der Waals surface area contributed by atoms with Crippen LogP contribution in [0.4, 0.5) is 8.78 Å². The number of hydrogen-bond donors (Lipinski definition) is 1. The third-order valence-corrected chi connectivity index (χ3v) is 3.06. The van der Waals surface area contributed by atoms with Crippen molar-refractivity contribution in [3.05, 3.63) is 35.4 Å². The van der Waals surface area contributed by atoms with Gasteiger partial charge in [-0.05, 0) is 37.0 Å². The Morgan fingerprint density at radius 2 is 2.18 bits per heavy atom. The summed E-state index contributed by atoms with van der Waals surface area (Å²) in [6, 6.07) is 3.54. The van der Waals surface area contributed by atoms with Gasteiger partial charge >= 0.3 is 0 Å². The lowest BCUT2D eigenvalue weighted by Crippen LogP contribution is -2.27. The molecule has 0 aromatic heterocycles. The predicted octanol–water partition coefficient (Wildman–Crippen LogP) is 2.65. The predicted molar refractivity (Wildman–Crippen MR) is 61.7 cm³/mol. The Kier molecular flexibility index (Phi) is 4.07. The van der Waals surface area contributed by atoms with Gasteiger partial charge < -0.3 is 10.1 Å². The minimum absolute atomic E-state index is 0.0964. The van der Waals surface area contributed by atoms with Crippen molar-refractivity contribution in [3.8, 4) is 0 Å². The van der Waals surface area contributed by atoms with E-state index in [1.807, 2.05) is 0 Å². The molecule has 1 aliphatic carbocycles. The highest BCUT2D eigenvalue weighted by Gasteiger charge is 2.33. The molecule has 0 spiro atoms. The van der Waals surface area contributed by atoms with Crippen LogP contribution in [-0.2, 0) is 4.74 Å². The molecule has 0 saturated heterocycles. The van der Waals surface area contributed by atoms with Crippen LogP contribution >= 0.6 is 0 Å². The maximum absolute atomic E-state index is 13.7. The van der Waals surface area contributed by atoms with E-state index in [0.29, 0.717) is 24.6 Å². The molecule has 1 aliphatic rings. The summed E-state index contributed by atoms with van der Waals surface area (Å²) in [6.45, 7) is 1.22. The average Bonchev–Trinajstić information content (AvgIpc) is 3.12. The molecule has 0 radical (unpaired) electrons. The summed E-state index contributed by atoms with van der Waals surface area (Å²) < 4.78 is 31.8. The van der Waals surface area contributed by atoms with Crippen LogP contribution in [0.1, 0.15) is 24.4 Å². The molecule has 1 aromatic carbocycles. The van der Waals surface area contributed by atoms with Gasteiger partial charge in [-0.2, -0.15) is 0 Å². The first kappa shape index (κ1) is 12.5. The zero-order valence-electron chi connectivity index (χ0n) is 9.88. The molecule has 4 heteroatoms. The molecule has 1 fully saturated rings. The molecular weight excluding hydrogens is 224 g/mol. The fraction of sp³-hybridized carbons (Fsp3) is 0.538. The molecule has 0 unspecified atom stereocenters. The van der Waals surface area contributed by atoms with E-state index >= 15 is 0 Å². The van der Waals surface area contributed by atoms with E-state index in [1.54, 1.807) is 7.11 Å². The maximum atomic E-state index is 13.7. The first-order valence-corrected chi connectivity index (χ1v) is 5.89. The van der Waals surface area contributed by atoms with Crippen LogP contribution in [0.25, 0.3) is 0 Å². The number of rotatable bonds is 6. The largest absolute Gasteiger partial charge is 0.383 e. The van der Waals surface area contributed by atoms with E-state index in [0.717, 1.165) is 18.9 Å². The normalized spacial score (nSPS) is 17.1. The third kappa shape index (κ3) is 3.23. The Morgan fingerprint density at radius 1 is 1.41 bits per heavy atom. The smallest absolute Gasteiger partial charge is 0.128 e. The first-order chi connectivity index (χ1) is 8.22. The highest BCUT2D eigenvalue weighted by molar-refractivity contribution is 5.24. The number of methoxy groups -OCH3 is 1. The third-order valence-electron chi connectivity index (χ3n) is 3.06. The number of benzene rings is 1. The Hall–Kier alpha value is -1.00. The highest BCUT2D eigenvalue weighted by Crippen LogP contribution is 2.41.